The van der Waals surface area contributed by atoms with Gasteiger partial charge in [-0.05, 0) is 37.1 Å². The number of methoxy groups -OCH3 is 1. The number of rotatable bonds is 5. The number of thioether (sulfide) groups is 1. The van der Waals surface area contributed by atoms with Crippen molar-refractivity contribution in [2.75, 3.05) is 25.2 Å². The predicted molar refractivity (Wildman–Crippen MR) is 81.4 cm³/mol. The first-order chi connectivity index (χ1) is 9.26. The summed E-state index contributed by atoms with van der Waals surface area (Å²) in [6.07, 6.45) is 2.65. The molecule has 2 rings (SSSR count). The zero-order chi connectivity index (χ0) is 13.7. The number of benzene rings is 1. The maximum Gasteiger partial charge on any atom is 0.165 e. The number of ether oxygens (including phenoxy) is 2. The van der Waals surface area contributed by atoms with Crippen molar-refractivity contribution in [1.82, 2.24) is 0 Å². The minimum Gasteiger partial charge on any atom is -0.493 e. The van der Waals surface area contributed by atoms with Crippen molar-refractivity contribution in [2.24, 2.45) is 5.73 Å². The molecule has 1 aliphatic rings. The van der Waals surface area contributed by atoms with Crippen LogP contribution in [0.5, 0.6) is 11.5 Å². The van der Waals surface area contributed by atoms with Crippen molar-refractivity contribution in [2.45, 2.75) is 31.8 Å². The monoisotopic (exact) mass is 281 g/mol. The molecule has 0 saturated carbocycles. The van der Waals surface area contributed by atoms with E-state index in [9.17, 15) is 0 Å². The third-order valence-corrected chi connectivity index (χ3v) is 4.70. The van der Waals surface area contributed by atoms with Crippen LogP contribution in [-0.2, 0) is 0 Å². The van der Waals surface area contributed by atoms with Gasteiger partial charge < -0.3 is 15.2 Å². The lowest BCUT2D eigenvalue weighted by molar-refractivity contribution is 0.199. The second-order valence-corrected chi connectivity index (χ2v) is 6.12. The lowest BCUT2D eigenvalue weighted by atomic mass is 9.99. The van der Waals surface area contributed by atoms with Crippen molar-refractivity contribution < 1.29 is 9.47 Å². The second-order valence-electron chi connectivity index (χ2n) is 4.97. The highest BCUT2D eigenvalue weighted by Gasteiger charge is 2.21. The highest BCUT2D eigenvalue weighted by atomic mass is 32.2. The average Bonchev–Trinajstić information content (AvgIpc) is 2.47. The molecule has 1 aromatic carbocycles. The van der Waals surface area contributed by atoms with Gasteiger partial charge in [0, 0.05) is 11.3 Å². The van der Waals surface area contributed by atoms with E-state index in [4.69, 9.17) is 15.2 Å². The minimum absolute atomic E-state index is 0.279. The molecule has 0 radical (unpaired) electrons. The Morgan fingerprint density at radius 1 is 1.47 bits per heavy atom. The molecule has 2 N–H and O–H groups in total. The molecule has 0 amide bonds. The third kappa shape index (κ3) is 3.57. The van der Waals surface area contributed by atoms with Crippen molar-refractivity contribution >= 4 is 11.8 Å². The maximum absolute atomic E-state index is 6.23. The second kappa shape index (κ2) is 7.06. The van der Waals surface area contributed by atoms with Crippen LogP contribution in [0.25, 0.3) is 0 Å². The minimum atomic E-state index is 0.279. The van der Waals surface area contributed by atoms with Gasteiger partial charge in [0.05, 0.1) is 7.11 Å². The van der Waals surface area contributed by atoms with Crippen LogP contribution >= 0.6 is 11.8 Å². The lowest BCUT2D eigenvalue weighted by Crippen LogP contribution is -2.24. The number of para-hydroxylation sites is 1. The van der Waals surface area contributed by atoms with Crippen LogP contribution in [0.1, 0.15) is 31.2 Å². The highest BCUT2D eigenvalue weighted by Crippen LogP contribution is 2.37. The van der Waals surface area contributed by atoms with Crippen LogP contribution in [-0.4, -0.2) is 31.3 Å². The summed E-state index contributed by atoms with van der Waals surface area (Å²) < 4.78 is 11.7. The Balaban J connectivity index is 2.24. The number of hydrogen-bond acceptors (Lipinski definition) is 4. The van der Waals surface area contributed by atoms with Crippen molar-refractivity contribution in [3.8, 4) is 11.5 Å². The first kappa shape index (κ1) is 14.5. The first-order valence-corrected chi connectivity index (χ1v) is 8.03. The van der Waals surface area contributed by atoms with Crippen LogP contribution in [0, 0.1) is 0 Å². The van der Waals surface area contributed by atoms with Gasteiger partial charge in [0.25, 0.3) is 0 Å². The van der Waals surface area contributed by atoms with Crippen LogP contribution in [0.4, 0.5) is 0 Å². The summed E-state index contributed by atoms with van der Waals surface area (Å²) in [5.41, 5.74) is 6.95. The maximum atomic E-state index is 6.23. The van der Waals surface area contributed by atoms with E-state index in [-0.39, 0.29) is 5.92 Å². The van der Waals surface area contributed by atoms with Crippen LogP contribution in [0.3, 0.4) is 0 Å². The zero-order valence-electron chi connectivity index (χ0n) is 11.7. The molecular formula is C15H23NO2S. The summed E-state index contributed by atoms with van der Waals surface area (Å²) in [4.78, 5) is 0. The molecule has 1 heterocycles. The van der Waals surface area contributed by atoms with Crippen molar-refractivity contribution in [1.29, 1.82) is 0 Å². The normalized spacial score (nSPS) is 20.9. The molecule has 1 fully saturated rings. The van der Waals surface area contributed by atoms with Crippen LogP contribution in [0.15, 0.2) is 18.2 Å². The molecule has 0 aromatic heterocycles. The highest BCUT2D eigenvalue weighted by molar-refractivity contribution is 7.99. The molecule has 3 nitrogen and oxygen atoms in total. The molecule has 1 saturated heterocycles. The number of nitrogens with two attached hydrogens (primary N) is 1. The molecule has 4 heteroatoms. The molecule has 0 aliphatic carbocycles. The first-order valence-electron chi connectivity index (χ1n) is 6.87. The standard InChI is InChI=1S/C15H23NO2S/c1-11(9-16)13-6-3-7-14(17-2)15(13)18-12-5-4-8-19-10-12/h3,6-7,11-12H,4-5,8-10,16H2,1-2H3. The summed E-state index contributed by atoms with van der Waals surface area (Å²) in [5.74, 6) is 4.29. The molecule has 19 heavy (non-hydrogen) atoms. The van der Waals surface area contributed by atoms with Crippen LogP contribution < -0.4 is 15.2 Å². The predicted octanol–water partition coefficient (Wildman–Crippen LogP) is 3.03. The molecule has 0 spiro atoms. The Morgan fingerprint density at radius 2 is 2.32 bits per heavy atom. The van der Waals surface area contributed by atoms with E-state index < -0.39 is 0 Å². The van der Waals surface area contributed by atoms with E-state index in [2.05, 4.69) is 13.0 Å². The quantitative estimate of drug-likeness (QED) is 0.901. The van der Waals surface area contributed by atoms with E-state index in [0.29, 0.717) is 12.6 Å². The summed E-state index contributed by atoms with van der Waals surface area (Å²) in [7, 11) is 1.69. The molecule has 0 bridgehead atoms. The van der Waals surface area contributed by atoms with E-state index in [1.807, 2.05) is 23.9 Å². The van der Waals surface area contributed by atoms with Crippen LogP contribution in [0.2, 0.25) is 0 Å². The summed E-state index contributed by atoms with van der Waals surface area (Å²) in [6.45, 7) is 2.74. The molecular weight excluding hydrogens is 258 g/mol. The lowest BCUT2D eigenvalue weighted by Gasteiger charge is -2.26. The van der Waals surface area contributed by atoms with Gasteiger partial charge >= 0.3 is 0 Å². The Labute approximate surface area is 119 Å². The number of hydrogen-bond donors (Lipinski definition) is 1. The van der Waals surface area contributed by atoms with Gasteiger partial charge in [0.1, 0.15) is 6.10 Å². The van der Waals surface area contributed by atoms with Gasteiger partial charge in [0.2, 0.25) is 0 Å². The zero-order valence-corrected chi connectivity index (χ0v) is 12.5. The van der Waals surface area contributed by atoms with Gasteiger partial charge in [-0.3, -0.25) is 0 Å². The van der Waals surface area contributed by atoms with E-state index in [1.165, 1.54) is 12.2 Å². The Morgan fingerprint density at radius 3 is 2.95 bits per heavy atom. The molecule has 1 aromatic rings. The fourth-order valence-electron chi connectivity index (χ4n) is 2.31. The molecule has 2 unspecified atom stereocenters. The van der Waals surface area contributed by atoms with E-state index in [0.717, 1.165) is 29.2 Å². The Kier molecular flexibility index (Phi) is 5.40. The summed E-state index contributed by atoms with van der Waals surface area (Å²) in [5, 5.41) is 0. The third-order valence-electron chi connectivity index (χ3n) is 3.52. The smallest absolute Gasteiger partial charge is 0.165 e. The largest absolute Gasteiger partial charge is 0.493 e. The fourth-order valence-corrected chi connectivity index (χ4v) is 3.34. The molecule has 106 valence electrons. The van der Waals surface area contributed by atoms with Gasteiger partial charge in [0.15, 0.2) is 11.5 Å². The Bertz CT molecular complexity index is 405. The van der Waals surface area contributed by atoms with Gasteiger partial charge in [-0.25, -0.2) is 0 Å². The van der Waals surface area contributed by atoms with Crippen molar-refractivity contribution in [3.63, 3.8) is 0 Å². The molecule has 1 aliphatic heterocycles. The topological polar surface area (TPSA) is 44.5 Å². The fraction of sp³-hybridized carbons (Fsp3) is 0.600. The van der Waals surface area contributed by atoms with E-state index >= 15 is 0 Å². The average molecular weight is 281 g/mol. The van der Waals surface area contributed by atoms with Gasteiger partial charge in [-0.2, -0.15) is 11.8 Å². The summed E-state index contributed by atoms with van der Waals surface area (Å²) >= 11 is 1.97. The molecule has 2 atom stereocenters. The summed E-state index contributed by atoms with van der Waals surface area (Å²) in [6, 6.07) is 6.05. The van der Waals surface area contributed by atoms with Crippen molar-refractivity contribution in [3.05, 3.63) is 23.8 Å². The van der Waals surface area contributed by atoms with Gasteiger partial charge in [-0.15, -0.1) is 0 Å². The van der Waals surface area contributed by atoms with Gasteiger partial charge in [-0.1, -0.05) is 19.1 Å². The van der Waals surface area contributed by atoms with E-state index in [1.54, 1.807) is 7.11 Å². The Hall–Kier alpha value is -0.870. The SMILES string of the molecule is COc1cccc(C(C)CN)c1OC1CCCSC1.